The molecule has 0 saturated heterocycles. The Labute approximate surface area is 292 Å². The summed E-state index contributed by atoms with van der Waals surface area (Å²) >= 11 is 0. The monoisotopic (exact) mass is 668 g/mol. The van der Waals surface area contributed by atoms with Gasteiger partial charge in [0, 0.05) is 19.4 Å². The largest absolute Gasteiger partial charge is 0.466 e. The molecule has 47 heavy (non-hydrogen) atoms. The average Bonchev–Trinajstić information content (AvgIpc) is 3.06. The molecule has 0 rings (SSSR count). The Hall–Kier alpha value is -1.14. The van der Waals surface area contributed by atoms with Crippen LogP contribution in [-0.4, -0.2) is 60.9 Å². The van der Waals surface area contributed by atoms with Crippen molar-refractivity contribution in [1.82, 2.24) is 4.90 Å². The number of esters is 2. The molecular formula is C41H81NO5. The van der Waals surface area contributed by atoms with Crippen LogP contribution in [0.4, 0.5) is 0 Å². The number of hydrogen-bond acceptors (Lipinski definition) is 6. The van der Waals surface area contributed by atoms with Crippen molar-refractivity contribution in [2.45, 2.75) is 219 Å². The van der Waals surface area contributed by atoms with E-state index in [1.54, 1.807) is 0 Å². The number of rotatable bonds is 38. The highest BCUT2D eigenvalue weighted by Crippen LogP contribution is 2.18. The predicted octanol–water partition coefficient (Wildman–Crippen LogP) is 11.5. The Balaban J connectivity index is 4.03. The number of nitrogens with zero attached hydrogens (tertiary/aromatic N) is 1. The number of aliphatic hydroxyl groups excluding tert-OH is 1. The van der Waals surface area contributed by atoms with Crippen molar-refractivity contribution >= 4 is 11.9 Å². The zero-order valence-corrected chi connectivity index (χ0v) is 31.9. The normalized spacial score (nSPS) is 11.5. The second-order valence-electron chi connectivity index (χ2n) is 14.1. The Bertz CT molecular complexity index is 642. The lowest BCUT2D eigenvalue weighted by atomic mass is 10.0. The maximum atomic E-state index is 12.7. The van der Waals surface area contributed by atoms with Gasteiger partial charge in [-0.25, -0.2) is 0 Å². The third-order valence-electron chi connectivity index (χ3n) is 9.45. The van der Waals surface area contributed by atoms with E-state index in [9.17, 15) is 14.7 Å². The van der Waals surface area contributed by atoms with Crippen molar-refractivity contribution in [3.63, 3.8) is 0 Å². The molecule has 0 bridgehead atoms. The second-order valence-corrected chi connectivity index (χ2v) is 14.1. The molecular weight excluding hydrogens is 586 g/mol. The minimum absolute atomic E-state index is 0.00411. The predicted molar refractivity (Wildman–Crippen MR) is 200 cm³/mol. The van der Waals surface area contributed by atoms with Gasteiger partial charge in [-0.15, -0.1) is 0 Å². The van der Waals surface area contributed by atoms with Crippen LogP contribution in [0.2, 0.25) is 0 Å². The summed E-state index contributed by atoms with van der Waals surface area (Å²) in [5.41, 5.74) is 0. The number of carbonyl (C=O) groups is 2. The topological polar surface area (TPSA) is 76.1 Å². The Kier molecular flexibility index (Phi) is 36.8. The van der Waals surface area contributed by atoms with E-state index in [1.807, 2.05) is 0 Å². The summed E-state index contributed by atoms with van der Waals surface area (Å²) < 4.78 is 11.4. The van der Waals surface area contributed by atoms with Crippen molar-refractivity contribution in [3.05, 3.63) is 0 Å². The zero-order chi connectivity index (χ0) is 34.5. The summed E-state index contributed by atoms with van der Waals surface area (Å²) in [6.45, 7) is 10.1. The summed E-state index contributed by atoms with van der Waals surface area (Å²) in [4.78, 5) is 27.0. The highest BCUT2D eigenvalue weighted by Gasteiger charge is 2.14. The highest BCUT2D eigenvalue weighted by atomic mass is 16.5. The van der Waals surface area contributed by atoms with Crippen LogP contribution in [0.5, 0.6) is 0 Å². The Morgan fingerprint density at radius 1 is 0.489 bits per heavy atom. The average molecular weight is 668 g/mol. The third-order valence-corrected chi connectivity index (χ3v) is 9.45. The van der Waals surface area contributed by atoms with Crippen molar-refractivity contribution in [3.8, 4) is 0 Å². The summed E-state index contributed by atoms with van der Waals surface area (Å²) in [5, 5.41) is 9.51. The van der Waals surface area contributed by atoms with E-state index in [4.69, 9.17) is 9.47 Å². The van der Waals surface area contributed by atoms with Crippen LogP contribution < -0.4 is 0 Å². The first kappa shape index (κ1) is 45.9. The van der Waals surface area contributed by atoms with E-state index in [-0.39, 0.29) is 24.6 Å². The van der Waals surface area contributed by atoms with Crippen LogP contribution >= 0.6 is 0 Å². The quantitative estimate of drug-likeness (QED) is 0.0521. The van der Waals surface area contributed by atoms with Gasteiger partial charge in [-0.3, -0.25) is 9.59 Å². The molecule has 0 unspecified atom stereocenters. The molecule has 0 spiro atoms. The van der Waals surface area contributed by atoms with Gasteiger partial charge in [-0.2, -0.15) is 0 Å². The van der Waals surface area contributed by atoms with Gasteiger partial charge in [0.1, 0.15) is 6.10 Å². The first-order chi connectivity index (χ1) is 23.1. The summed E-state index contributed by atoms with van der Waals surface area (Å²) in [5.74, 6) is -0.0613. The van der Waals surface area contributed by atoms with Crippen LogP contribution in [0.25, 0.3) is 0 Å². The number of aliphatic hydroxyl groups is 1. The van der Waals surface area contributed by atoms with Gasteiger partial charge in [-0.05, 0) is 70.9 Å². The van der Waals surface area contributed by atoms with Gasteiger partial charge < -0.3 is 19.5 Å². The smallest absolute Gasteiger partial charge is 0.306 e. The van der Waals surface area contributed by atoms with E-state index in [0.717, 1.165) is 83.7 Å². The van der Waals surface area contributed by atoms with Crippen LogP contribution in [0.1, 0.15) is 213 Å². The highest BCUT2D eigenvalue weighted by molar-refractivity contribution is 5.69. The Morgan fingerprint density at radius 3 is 1.40 bits per heavy atom. The molecule has 0 aliphatic rings. The first-order valence-corrected chi connectivity index (χ1v) is 20.8. The minimum Gasteiger partial charge on any atom is -0.466 e. The van der Waals surface area contributed by atoms with Gasteiger partial charge in [0.15, 0.2) is 0 Å². The molecule has 6 heteroatoms. The van der Waals surface area contributed by atoms with E-state index in [2.05, 4.69) is 25.7 Å². The van der Waals surface area contributed by atoms with Gasteiger partial charge in [0.25, 0.3) is 0 Å². The lowest BCUT2D eigenvalue weighted by molar-refractivity contribution is -0.150. The molecule has 0 aromatic rings. The van der Waals surface area contributed by atoms with E-state index >= 15 is 0 Å². The fourth-order valence-corrected chi connectivity index (χ4v) is 6.35. The maximum absolute atomic E-state index is 12.7. The molecule has 0 fully saturated rings. The molecule has 280 valence electrons. The SMILES string of the molecule is CCCCCCCCCOC(=O)CCCCCN(CCO)CCCCCCC(=O)OC(CCCCCCCC)CCCCCCCC. The van der Waals surface area contributed by atoms with Gasteiger partial charge in [0.05, 0.1) is 13.2 Å². The second kappa shape index (κ2) is 37.7. The van der Waals surface area contributed by atoms with E-state index in [0.29, 0.717) is 26.0 Å². The number of hydrogen-bond donors (Lipinski definition) is 1. The van der Waals surface area contributed by atoms with Crippen LogP contribution in [0.3, 0.4) is 0 Å². The standard InChI is InChI=1S/C41H81NO5/c1-4-7-10-13-16-21-29-38-46-40(44)32-26-22-28-35-42(36-37-43)34-27-20-19-25-33-41(45)47-39(30-23-17-14-11-8-5-2)31-24-18-15-12-9-6-3/h39,43H,4-38H2,1-3H3. The van der Waals surface area contributed by atoms with Crippen molar-refractivity contribution < 1.29 is 24.2 Å². The molecule has 0 aliphatic carbocycles. The molecule has 0 aromatic heterocycles. The van der Waals surface area contributed by atoms with Gasteiger partial charge >= 0.3 is 11.9 Å². The Morgan fingerprint density at radius 2 is 0.894 bits per heavy atom. The van der Waals surface area contributed by atoms with Crippen molar-refractivity contribution in [2.24, 2.45) is 0 Å². The van der Waals surface area contributed by atoms with E-state index < -0.39 is 0 Å². The minimum atomic E-state index is -0.0572. The molecule has 0 heterocycles. The van der Waals surface area contributed by atoms with E-state index in [1.165, 1.54) is 109 Å². The molecule has 0 radical (unpaired) electrons. The molecule has 0 atom stereocenters. The first-order valence-electron chi connectivity index (χ1n) is 20.8. The lowest BCUT2D eigenvalue weighted by Crippen LogP contribution is -2.29. The third kappa shape index (κ3) is 34.5. The molecule has 0 amide bonds. The molecule has 6 nitrogen and oxygen atoms in total. The van der Waals surface area contributed by atoms with Crippen molar-refractivity contribution in [1.29, 1.82) is 0 Å². The maximum Gasteiger partial charge on any atom is 0.306 e. The number of ether oxygens (including phenoxy) is 2. The molecule has 0 saturated carbocycles. The fourth-order valence-electron chi connectivity index (χ4n) is 6.35. The zero-order valence-electron chi connectivity index (χ0n) is 31.9. The van der Waals surface area contributed by atoms with Crippen LogP contribution in [-0.2, 0) is 19.1 Å². The summed E-state index contributed by atoms with van der Waals surface area (Å²) in [6.07, 6.45) is 34.2. The molecule has 0 aromatic carbocycles. The van der Waals surface area contributed by atoms with Crippen LogP contribution in [0, 0.1) is 0 Å². The van der Waals surface area contributed by atoms with Gasteiger partial charge in [-0.1, -0.05) is 143 Å². The molecule has 0 aliphatic heterocycles. The van der Waals surface area contributed by atoms with Crippen molar-refractivity contribution in [2.75, 3.05) is 32.8 Å². The van der Waals surface area contributed by atoms with Gasteiger partial charge in [0.2, 0.25) is 0 Å². The van der Waals surface area contributed by atoms with Crippen LogP contribution in [0.15, 0.2) is 0 Å². The fraction of sp³-hybridized carbons (Fsp3) is 0.951. The summed E-state index contributed by atoms with van der Waals surface area (Å²) in [6, 6.07) is 0. The summed E-state index contributed by atoms with van der Waals surface area (Å²) in [7, 11) is 0. The molecule has 1 N–H and O–H groups in total. The number of carbonyl (C=O) groups excluding carboxylic acids is 2. The number of unbranched alkanes of at least 4 members (excludes halogenated alkanes) is 21. The lowest BCUT2D eigenvalue weighted by Gasteiger charge is -2.21.